The highest BCUT2D eigenvalue weighted by molar-refractivity contribution is 7.99. The van der Waals surface area contributed by atoms with Gasteiger partial charge in [-0.25, -0.2) is 18.1 Å². The molecule has 1 saturated carbocycles. The molecule has 1 heterocycles. The van der Waals surface area contributed by atoms with Gasteiger partial charge in [-0.15, -0.1) is 0 Å². The summed E-state index contributed by atoms with van der Waals surface area (Å²) in [6, 6.07) is 3.40. The Hall–Kier alpha value is -0.630. The third-order valence-corrected chi connectivity index (χ3v) is 6.27. The second-order valence-corrected chi connectivity index (χ2v) is 8.18. The van der Waals surface area contributed by atoms with Crippen LogP contribution in [0.3, 0.4) is 0 Å². The highest BCUT2D eigenvalue weighted by Gasteiger charge is 2.26. The van der Waals surface area contributed by atoms with Crippen molar-refractivity contribution in [2.45, 2.75) is 48.5 Å². The van der Waals surface area contributed by atoms with Crippen molar-refractivity contribution in [3.05, 3.63) is 23.9 Å². The van der Waals surface area contributed by atoms with Crippen molar-refractivity contribution in [2.75, 3.05) is 13.3 Å². The van der Waals surface area contributed by atoms with Crippen molar-refractivity contribution < 1.29 is 8.42 Å². The molecule has 1 aliphatic rings. The van der Waals surface area contributed by atoms with Gasteiger partial charge in [0.1, 0.15) is 0 Å². The molecule has 2 atom stereocenters. The highest BCUT2D eigenvalue weighted by atomic mass is 32.2. The number of nitrogens with one attached hydrogen (secondary N) is 2. The van der Waals surface area contributed by atoms with E-state index in [0.717, 1.165) is 24.8 Å². The van der Waals surface area contributed by atoms with E-state index in [1.807, 2.05) is 18.8 Å². The molecule has 0 spiro atoms. The molecule has 1 fully saturated rings. The lowest BCUT2D eigenvalue weighted by molar-refractivity contribution is 0.420. The summed E-state index contributed by atoms with van der Waals surface area (Å²) in [5.41, 5.74) is 0.969. The van der Waals surface area contributed by atoms with Crippen molar-refractivity contribution in [2.24, 2.45) is 0 Å². The van der Waals surface area contributed by atoms with E-state index in [-0.39, 0.29) is 11.1 Å². The number of nitrogens with zero attached hydrogens (tertiary/aromatic N) is 1. The van der Waals surface area contributed by atoms with Gasteiger partial charge in [-0.3, -0.25) is 0 Å². The minimum Gasteiger partial charge on any atom is -0.316 e. The van der Waals surface area contributed by atoms with E-state index in [1.165, 1.54) is 6.42 Å². The first kappa shape index (κ1) is 16.7. The van der Waals surface area contributed by atoms with Crippen LogP contribution in [0.1, 0.15) is 31.2 Å². The summed E-state index contributed by atoms with van der Waals surface area (Å²) in [5, 5.41) is 3.67. The zero-order valence-electron chi connectivity index (χ0n) is 12.5. The van der Waals surface area contributed by atoms with Crippen LogP contribution in [-0.4, -0.2) is 38.0 Å². The number of hydrogen-bond donors (Lipinski definition) is 2. The standard InChI is InChI=1S/C14H23N3O2S2/c1-15-9-11-6-7-14(16-10-11)21(18,19)17-12-4-3-5-13(8-12)20-2/h6-7,10,12-13,15,17H,3-5,8-9H2,1-2H3. The molecule has 1 aliphatic carbocycles. The predicted molar refractivity (Wildman–Crippen MR) is 86.9 cm³/mol. The molecule has 21 heavy (non-hydrogen) atoms. The number of sulfonamides is 1. The average Bonchev–Trinajstić information content (AvgIpc) is 2.48. The van der Waals surface area contributed by atoms with Crippen molar-refractivity contribution in [3.8, 4) is 0 Å². The summed E-state index contributed by atoms with van der Waals surface area (Å²) < 4.78 is 27.5. The monoisotopic (exact) mass is 329 g/mol. The lowest BCUT2D eigenvalue weighted by Crippen LogP contribution is -2.39. The Morgan fingerprint density at radius 2 is 2.19 bits per heavy atom. The smallest absolute Gasteiger partial charge is 0.258 e. The Bertz CT molecular complexity index is 546. The summed E-state index contributed by atoms with van der Waals surface area (Å²) in [6.07, 6.45) is 7.76. The van der Waals surface area contributed by atoms with E-state index in [1.54, 1.807) is 18.3 Å². The van der Waals surface area contributed by atoms with Crippen LogP contribution in [0.15, 0.2) is 23.4 Å². The van der Waals surface area contributed by atoms with Gasteiger partial charge in [-0.1, -0.05) is 12.5 Å². The van der Waals surface area contributed by atoms with Gasteiger partial charge < -0.3 is 5.32 Å². The minimum absolute atomic E-state index is 0.0278. The van der Waals surface area contributed by atoms with Crippen LogP contribution in [0, 0.1) is 0 Å². The number of thioether (sulfide) groups is 1. The summed E-state index contributed by atoms with van der Waals surface area (Å²) in [4.78, 5) is 4.08. The van der Waals surface area contributed by atoms with E-state index in [4.69, 9.17) is 0 Å². The van der Waals surface area contributed by atoms with E-state index >= 15 is 0 Å². The molecule has 1 aromatic rings. The minimum atomic E-state index is -3.51. The van der Waals surface area contributed by atoms with Crippen LogP contribution in [-0.2, 0) is 16.6 Å². The fourth-order valence-electron chi connectivity index (χ4n) is 2.62. The van der Waals surface area contributed by atoms with E-state index in [2.05, 4.69) is 21.3 Å². The van der Waals surface area contributed by atoms with Gasteiger partial charge in [0, 0.05) is 24.0 Å². The largest absolute Gasteiger partial charge is 0.316 e. The molecule has 0 aliphatic heterocycles. The summed E-state index contributed by atoms with van der Waals surface area (Å²) in [7, 11) is -1.67. The molecule has 2 unspecified atom stereocenters. The van der Waals surface area contributed by atoms with Gasteiger partial charge >= 0.3 is 0 Å². The lowest BCUT2D eigenvalue weighted by Gasteiger charge is -2.28. The predicted octanol–water partition coefficient (Wildman–Crippen LogP) is 1.75. The van der Waals surface area contributed by atoms with E-state index in [9.17, 15) is 8.42 Å². The molecule has 2 rings (SSSR count). The first-order valence-electron chi connectivity index (χ1n) is 7.20. The van der Waals surface area contributed by atoms with Crippen LogP contribution in [0.4, 0.5) is 0 Å². The van der Waals surface area contributed by atoms with Crippen LogP contribution < -0.4 is 10.0 Å². The zero-order chi connectivity index (χ0) is 15.3. The molecule has 0 saturated heterocycles. The molecule has 0 aromatic carbocycles. The van der Waals surface area contributed by atoms with Crippen LogP contribution in [0.5, 0.6) is 0 Å². The second kappa shape index (κ2) is 7.58. The van der Waals surface area contributed by atoms with Crippen molar-refractivity contribution in [1.82, 2.24) is 15.0 Å². The summed E-state index contributed by atoms with van der Waals surface area (Å²) in [5.74, 6) is 0. The molecule has 2 N–H and O–H groups in total. The fourth-order valence-corrected chi connectivity index (χ4v) is 4.66. The Kier molecular flexibility index (Phi) is 6.04. The van der Waals surface area contributed by atoms with Gasteiger partial charge in [-0.2, -0.15) is 11.8 Å². The average molecular weight is 329 g/mol. The fraction of sp³-hybridized carbons (Fsp3) is 0.643. The maximum Gasteiger partial charge on any atom is 0.258 e. The first-order valence-corrected chi connectivity index (χ1v) is 9.97. The van der Waals surface area contributed by atoms with Crippen molar-refractivity contribution >= 4 is 21.8 Å². The summed E-state index contributed by atoms with van der Waals surface area (Å²) in [6.45, 7) is 0.679. The topological polar surface area (TPSA) is 71.1 Å². The lowest BCUT2D eigenvalue weighted by atomic mass is 9.96. The SMILES string of the molecule is CNCc1ccc(S(=O)(=O)NC2CCCC(SC)C2)nc1. The molecular formula is C14H23N3O2S2. The highest BCUT2D eigenvalue weighted by Crippen LogP contribution is 2.27. The zero-order valence-corrected chi connectivity index (χ0v) is 14.1. The quantitative estimate of drug-likeness (QED) is 0.832. The summed E-state index contributed by atoms with van der Waals surface area (Å²) >= 11 is 1.82. The first-order chi connectivity index (χ1) is 10.0. The molecule has 0 amide bonds. The van der Waals surface area contributed by atoms with Crippen LogP contribution in [0.25, 0.3) is 0 Å². The van der Waals surface area contributed by atoms with Crippen molar-refractivity contribution in [3.63, 3.8) is 0 Å². The molecule has 0 radical (unpaired) electrons. The molecule has 0 bridgehead atoms. The maximum absolute atomic E-state index is 12.4. The Labute approximate surface area is 131 Å². The van der Waals surface area contributed by atoms with Crippen molar-refractivity contribution in [1.29, 1.82) is 0 Å². The Morgan fingerprint density at radius 3 is 2.81 bits per heavy atom. The molecular weight excluding hydrogens is 306 g/mol. The number of pyridine rings is 1. The molecule has 1 aromatic heterocycles. The van der Waals surface area contributed by atoms with Gasteiger partial charge in [-0.05, 0) is 44.2 Å². The Balaban J connectivity index is 2.03. The van der Waals surface area contributed by atoms with Gasteiger partial charge in [0.2, 0.25) is 0 Å². The van der Waals surface area contributed by atoms with E-state index < -0.39 is 10.0 Å². The van der Waals surface area contributed by atoms with Gasteiger partial charge in [0.05, 0.1) is 0 Å². The third-order valence-electron chi connectivity index (χ3n) is 3.74. The third kappa shape index (κ3) is 4.67. The second-order valence-electron chi connectivity index (χ2n) is 5.38. The van der Waals surface area contributed by atoms with Gasteiger partial charge in [0.15, 0.2) is 5.03 Å². The van der Waals surface area contributed by atoms with Crippen LogP contribution in [0.2, 0.25) is 0 Å². The number of aromatic nitrogens is 1. The number of rotatable bonds is 6. The van der Waals surface area contributed by atoms with Crippen LogP contribution >= 0.6 is 11.8 Å². The Morgan fingerprint density at radius 1 is 1.38 bits per heavy atom. The maximum atomic E-state index is 12.4. The normalized spacial score (nSPS) is 23.1. The molecule has 5 nitrogen and oxygen atoms in total. The number of hydrogen-bond acceptors (Lipinski definition) is 5. The molecule has 7 heteroatoms. The van der Waals surface area contributed by atoms with Gasteiger partial charge in [0.25, 0.3) is 10.0 Å². The van der Waals surface area contributed by atoms with E-state index in [0.29, 0.717) is 11.8 Å². The molecule has 118 valence electrons.